The van der Waals surface area contributed by atoms with Gasteiger partial charge in [0, 0.05) is 28.7 Å². The molecule has 2 aliphatic rings. The lowest BCUT2D eigenvalue weighted by Gasteiger charge is -2.19. The number of ether oxygens (including phenoxy) is 3. The smallest absolute Gasteiger partial charge is 0.306 e. The average molecular weight is 573 g/mol. The molecule has 1 aliphatic carbocycles. The maximum Gasteiger partial charge on any atom is 0.306 e. The fraction of sp³-hybridized carbons (Fsp3) is 0.364. The number of hydrogen-bond acceptors (Lipinski definition) is 8. The molecule has 2 atom stereocenters. The SMILES string of the molecule is COC(=O)CC1COc2cc(O[C@@H]3CCc4c(-c5c(C)cc(-c6noc(C(C)(C)O)n6)cc5C)ccc(F)c43)ccc21. The number of halogens is 1. The van der Waals surface area contributed by atoms with Crippen LogP contribution in [0.3, 0.4) is 0 Å². The van der Waals surface area contributed by atoms with Crippen LogP contribution in [-0.2, 0) is 21.6 Å². The van der Waals surface area contributed by atoms with Crippen molar-refractivity contribution in [2.45, 2.75) is 64.6 Å². The third-order valence-corrected chi connectivity index (χ3v) is 8.08. The molecule has 1 aromatic heterocycles. The zero-order valence-electron chi connectivity index (χ0n) is 24.3. The fourth-order valence-corrected chi connectivity index (χ4v) is 6.08. The molecule has 1 N–H and O–H groups in total. The zero-order valence-corrected chi connectivity index (χ0v) is 24.3. The number of aromatic nitrogens is 2. The van der Waals surface area contributed by atoms with E-state index in [1.807, 2.05) is 50.2 Å². The number of aliphatic hydroxyl groups is 1. The van der Waals surface area contributed by atoms with E-state index in [1.54, 1.807) is 13.8 Å². The number of carbonyl (C=O) groups excluding carboxylic acids is 1. The molecule has 0 spiro atoms. The van der Waals surface area contributed by atoms with Crippen LogP contribution >= 0.6 is 0 Å². The average Bonchev–Trinajstić information content (AvgIpc) is 3.69. The summed E-state index contributed by atoms with van der Waals surface area (Å²) in [7, 11) is 1.38. The second-order valence-electron chi connectivity index (χ2n) is 11.6. The minimum absolute atomic E-state index is 0.0600. The third-order valence-electron chi connectivity index (χ3n) is 8.08. The number of methoxy groups -OCH3 is 1. The van der Waals surface area contributed by atoms with Crippen molar-refractivity contribution in [1.82, 2.24) is 10.1 Å². The monoisotopic (exact) mass is 572 g/mol. The maximum atomic E-state index is 15.4. The Hall–Kier alpha value is -4.24. The number of aryl methyl sites for hydroxylation is 2. The van der Waals surface area contributed by atoms with Gasteiger partial charge in [-0.25, -0.2) is 4.39 Å². The highest BCUT2D eigenvalue weighted by Crippen LogP contribution is 2.45. The van der Waals surface area contributed by atoms with Gasteiger partial charge < -0.3 is 23.8 Å². The van der Waals surface area contributed by atoms with Gasteiger partial charge in [0.2, 0.25) is 5.82 Å². The van der Waals surface area contributed by atoms with E-state index in [0.717, 1.165) is 38.9 Å². The minimum Gasteiger partial charge on any atom is -0.492 e. The van der Waals surface area contributed by atoms with Crippen LogP contribution in [0.5, 0.6) is 11.5 Å². The molecule has 0 amide bonds. The quantitative estimate of drug-likeness (QED) is 0.251. The van der Waals surface area contributed by atoms with Gasteiger partial charge >= 0.3 is 5.97 Å². The highest BCUT2D eigenvalue weighted by molar-refractivity contribution is 5.78. The summed E-state index contributed by atoms with van der Waals surface area (Å²) in [5, 5.41) is 14.3. The van der Waals surface area contributed by atoms with E-state index < -0.39 is 11.7 Å². The molecule has 0 radical (unpaired) electrons. The lowest BCUT2D eigenvalue weighted by Crippen LogP contribution is -2.15. The van der Waals surface area contributed by atoms with Crippen molar-refractivity contribution >= 4 is 5.97 Å². The second kappa shape index (κ2) is 10.5. The van der Waals surface area contributed by atoms with Gasteiger partial charge in [-0.05, 0) is 92.6 Å². The zero-order chi connectivity index (χ0) is 29.8. The van der Waals surface area contributed by atoms with Gasteiger partial charge in [0.25, 0.3) is 5.89 Å². The number of nitrogens with zero attached hydrogens (tertiary/aromatic N) is 2. The molecule has 6 rings (SSSR count). The molecule has 8 nitrogen and oxygen atoms in total. The van der Waals surface area contributed by atoms with Crippen molar-refractivity contribution in [2.75, 3.05) is 13.7 Å². The normalized spacial score (nSPS) is 17.5. The first-order valence-corrected chi connectivity index (χ1v) is 14.0. The van der Waals surface area contributed by atoms with Crippen LogP contribution in [0.1, 0.15) is 72.4 Å². The van der Waals surface area contributed by atoms with Gasteiger partial charge in [0.1, 0.15) is 29.0 Å². The Balaban J connectivity index is 1.28. The van der Waals surface area contributed by atoms with Crippen molar-refractivity contribution in [3.05, 3.63) is 82.0 Å². The first-order chi connectivity index (χ1) is 20.0. The van der Waals surface area contributed by atoms with Crippen molar-refractivity contribution in [1.29, 1.82) is 0 Å². The van der Waals surface area contributed by atoms with Crippen LogP contribution in [0.2, 0.25) is 0 Å². The summed E-state index contributed by atoms with van der Waals surface area (Å²) in [6, 6.07) is 12.9. The number of esters is 1. The van der Waals surface area contributed by atoms with Crippen LogP contribution in [0.15, 0.2) is 47.0 Å². The van der Waals surface area contributed by atoms with E-state index in [9.17, 15) is 9.90 Å². The Bertz CT molecular complexity index is 1670. The summed E-state index contributed by atoms with van der Waals surface area (Å²) in [6.07, 6.45) is 1.13. The molecule has 1 unspecified atom stereocenters. The van der Waals surface area contributed by atoms with Crippen LogP contribution in [0, 0.1) is 19.7 Å². The van der Waals surface area contributed by atoms with Crippen LogP contribution in [0.25, 0.3) is 22.5 Å². The number of benzene rings is 3. The van der Waals surface area contributed by atoms with Gasteiger partial charge in [-0.1, -0.05) is 17.3 Å². The number of rotatable bonds is 7. The predicted molar refractivity (Wildman–Crippen MR) is 153 cm³/mol. The molecule has 3 aromatic carbocycles. The molecule has 0 fully saturated rings. The summed E-state index contributed by atoms with van der Waals surface area (Å²) in [4.78, 5) is 16.1. The Morgan fingerprint density at radius 3 is 2.60 bits per heavy atom. The summed E-state index contributed by atoms with van der Waals surface area (Å²) in [6.45, 7) is 7.62. The lowest BCUT2D eigenvalue weighted by atomic mass is 9.89. The highest BCUT2D eigenvalue weighted by Gasteiger charge is 2.32. The van der Waals surface area contributed by atoms with Crippen LogP contribution in [-0.4, -0.2) is 34.9 Å². The number of hydrogen-bond donors (Lipinski definition) is 1. The molecule has 0 saturated heterocycles. The molecule has 0 bridgehead atoms. The number of carbonyl (C=O) groups is 1. The van der Waals surface area contributed by atoms with Crippen molar-refractivity contribution in [3.63, 3.8) is 0 Å². The van der Waals surface area contributed by atoms with E-state index in [1.165, 1.54) is 13.2 Å². The topological polar surface area (TPSA) is 104 Å². The summed E-state index contributed by atoms with van der Waals surface area (Å²) >= 11 is 0. The van der Waals surface area contributed by atoms with Crippen molar-refractivity contribution in [2.24, 2.45) is 0 Å². The standard InChI is InChI=1S/C33H33FN2O6/c1-17-12-19(31-35-32(42-36-31)33(3,4)38)13-18(2)29(17)23-8-10-25(34)30-24(23)9-11-26(30)41-21-6-7-22-20(14-28(37)39-5)16-40-27(22)15-21/h6-8,10,12-13,15,20,26,38H,9,11,14,16H2,1-5H3/t20?,26-/m1/s1. The largest absolute Gasteiger partial charge is 0.492 e. The second-order valence-corrected chi connectivity index (χ2v) is 11.6. The molecule has 218 valence electrons. The lowest BCUT2D eigenvalue weighted by molar-refractivity contribution is -0.141. The minimum atomic E-state index is -1.23. The first kappa shape index (κ1) is 27.9. The van der Waals surface area contributed by atoms with E-state index in [0.29, 0.717) is 42.3 Å². The van der Waals surface area contributed by atoms with E-state index in [4.69, 9.17) is 18.7 Å². The first-order valence-electron chi connectivity index (χ1n) is 14.0. The van der Waals surface area contributed by atoms with E-state index in [2.05, 4.69) is 10.1 Å². The van der Waals surface area contributed by atoms with Gasteiger partial charge in [-0.15, -0.1) is 0 Å². The predicted octanol–water partition coefficient (Wildman–Crippen LogP) is 6.49. The number of fused-ring (bicyclic) bond motifs is 2. The summed E-state index contributed by atoms with van der Waals surface area (Å²) < 4.78 is 37.6. The summed E-state index contributed by atoms with van der Waals surface area (Å²) in [5.41, 5.74) is 6.01. The van der Waals surface area contributed by atoms with E-state index >= 15 is 4.39 Å². The van der Waals surface area contributed by atoms with Gasteiger partial charge in [0.15, 0.2) is 0 Å². The Morgan fingerprint density at radius 2 is 1.90 bits per heavy atom. The molecule has 4 aromatic rings. The van der Waals surface area contributed by atoms with Crippen molar-refractivity contribution < 1.29 is 33.0 Å². The molecule has 2 heterocycles. The van der Waals surface area contributed by atoms with Gasteiger partial charge in [0.05, 0.1) is 20.1 Å². The molecule has 0 saturated carbocycles. The highest BCUT2D eigenvalue weighted by atomic mass is 19.1. The van der Waals surface area contributed by atoms with Crippen LogP contribution < -0.4 is 9.47 Å². The molecular weight excluding hydrogens is 539 g/mol. The Kier molecular flexibility index (Phi) is 7.01. The van der Waals surface area contributed by atoms with Crippen molar-refractivity contribution in [3.8, 4) is 34.0 Å². The Morgan fingerprint density at radius 1 is 1.14 bits per heavy atom. The van der Waals surface area contributed by atoms with Crippen LogP contribution in [0.4, 0.5) is 4.39 Å². The van der Waals surface area contributed by atoms with E-state index in [-0.39, 0.29) is 30.0 Å². The molecule has 9 heteroatoms. The molecule has 42 heavy (non-hydrogen) atoms. The van der Waals surface area contributed by atoms with Gasteiger partial charge in [-0.2, -0.15) is 4.98 Å². The molecule has 1 aliphatic heterocycles. The summed E-state index contributed by atoms with van der Waals surface area (Å²) in [5.74, 6) is 1.20. The fourth-order valence-electron chi connectivity index (χ4n) is 6.08. The van der Waals surface area contributed by atoms with Gasteiger partial charge in [-0.3, -0.25) is 4.79 Å². The maximum absolute atomic E-state index is 15.4. The third kappa shape index (κ3) is 5.02. The Labute approximate surface area is 243 Å². The molecular formula is C33H33FN2O6.